The molecule has 20 heavy (non-hydrogen) atoms. The first-order chi connectivity index (χ1) is 9.44. The molecule has 0 spiro atoms. The van der Waals surface area contributed by atoms with Crippen molar-refractivity contribution in [1.29, 1.82) is 0 Å². The van der Waals surface area contributed by atoms with E-state index in [9.17, 15) is 13.2 Å². The highest BCUT2D eigenvalue weighted by molar-refractivity contribution is 7.89. The lowest BCUT2D eigenvalue weighted by atomic mass is 10.0. The number of sulfonamides is 1. The quantitative estimate of drug-likeness (QED) is 0.744. The molecule has 1 saturated heterocycles. The molecule has 0 aliphatic carbocycles. The van der Waals surface area contributed by atoms with Gasteiger partial charge in [-0.05, 0) is 5.56 Å². The maximum atomic E-state index is 11.8. The fourth-order valence-corrected chi connectivity index (χ4v) is 2.52. The van der Waals surface area contributed by atoms with Crippen LogP contribution in [0.2, 0.25) is 0 Å². The second kappa shape index (κ2) is 6.34. The molecule has 1 heterocycles. The second-order valence-corrected chi connectivity index (χ2v) is 6.65. The number of benzene rings is 1. The van der Waals surface area contributed by atoms with Gasteiger partial charge in [0, 0.05) is 19.6 Å². The van der Waals surface area contributed by atoms with Crippen molar-refractivity contribution >= 4 is 16.0 Å². The predicted octanol–water partition coefficient (Wildman–Crippen LogP) is -0.0499. The minimum Gasteiger partial charge on any atom is -0.461 e. The van der Waals surface area contributed by atoms with Gasteiger partial charge in [-0.1, -0.05) is 30.3 Å². The van der Waals surface area contributed by atoms with Gasteiger partial charge in [-0.25, -0.2) is 13.6 Å². The monoisotopic (exact) mass is 298 g/mol. The summed E-state index contributed by atoms with van der Waals surface area (Å²) in [6.45, 7) is 1.70. The summed E-state index contributed by atoms with van der Waals surface area (Å²) in [4.78, 5) is 13.6. The summed E-state index contributed by atoms with van der Waals surface area (Å²) in [5, 5.41) is 4.92. The highest BCUT2D eigenvalue weighted by atomic mass is 32.2. The number of nitrogens with zero attached hydrogens (tertiary/aromatic N) is 1. The van der Waals surface area contributed by atoms with Gasteiger partial charge in [0.05, 0.1) is 11.7 Å². The molecule has 2 N–H and O–H groups in total. The van der Waals surface area contributed by atoms with Crippen LogP contribution in [0.5, 0.6) is 0 Å². The standard InChI is InChI=1S/C13H18N2O4S/c14-20(17,18)7-6-15-8-12(9-15)13(16)19-10-11-4-2-1-3-5-11/h1-5,12H,6-10H2,(H2,14,17,18). The lowest BCUT2D eigenvalue weighted by molar-refractivity contribution is -0.155. The smallest absolute Gasteiger partial charge is 0.311 e. The van der Waals surface area contributed by atoms with Crippen LogP contribution in [0.1, 0.15) is 5.56 Å². The minimum absolute atomic E-state index is 0.0845. The largest absolute Gasteiger partial charge is 0.461 e. The van der Waals surface area contributed by atoms with E-state index in [0.717, 1.165) is 5.56 Å². The number of hydrogen-bond acceptors (Lipinski definition) is 5. The first kappa shape index (κ1) is 15.0. The maximum absolute atomic E-state index is 11.8. The van der Waals surface area contributed by atoms with E-state index in [1.54, 1.807) is 0 Å². The zero-order valence-electron chi connectivity index (χ0n) is 11.1. The van der Waals surface area contributed by atoms with E-state index in [4.69, 9.17) is 9.88 Å². The van der Waals surface area contributed by atoms with Crippen molar-refractivity contribution < 1.29 is 17.9 Å². The molecule has 1 fully saturated rings. The Morgan fingerprint density at radius 3 is 2.55 bits per heavy atom. The Bertz CT molecular complexity index is 553. The maximum Gasteiger partial charge on any atom is 0.311 e. The number of nitrogens with two attached hydrogens (primary N) is 1. The minimum atomic E-state index is -3.44. The third kappa shape index (κ3) is 4.59. The van der Waals surface area contributed by atoms with E-state index in [-0.39, 0.29) is 24.2 Å². The Hall–Kier alpha value is -1.44. The number of esters is 1. The molecule has 0 aromatic heterocycles. The van der Waals surface area contributed by atoms with E-state index >= 15 is 0 Å². The molecular weight excluding hydrogens is 280 g/mol. The predicted molar refractivity (Wildman–Crippen MR) is 74.1 cm³/mol. The van der Waals surface area contributed by atoms with E-state index in [0.29, 0.717) is 19.6 Å². The van der Waals surface area contributed by atoms with Gasteiger partial charge in [-0.15, -0.1) is 0 Å². The normalized spacial score (nSPS) is 16.6. The number of ether oxygens (including phenoxy) is 1. The molecule has 6 nitrogen and oxygen atoms in total. The number of hydrogen-bond donors (Lipinski definition) is 1. The fraction of sp³-hybridized carbons (Fsp3) is 0.462. The highest BCUT2D eigenvalue weighted by Gasteiger charge is 2.33. The van der Waals surface area contributed by atoms with Gasteiger partial charge in [-0.2, -0.15) is 0 Å². The Kier molecular flexibility index (Phi) is 4.74. The molecule has 110 valence electrons. The molecule has 1 aromatic carbocycles. The summed E-state index contributed by atoms with van der Waals surface area (Å²) in [5.41, 5.74) is 0.950. The summed E-state index contributed by atoms with van der Waals surface area (Å²) in [6.07, 6.45) is 0. The van der Waals surface area contributed by atoms with E-state index in [2.05, 4.69) is 0 Å². The van der Waals surface area contributed by atoms with Crippen molar-refractivity contribution in [3.05, 3.63) is 35.9 Å². The lowest BCUT2D eigenvalue weighted by Gasteiger charge is -2.37. The van der Waals surface area contributed by atoms with Crippen LogP contribution in [-0.4, -0.2) is 44.7 Å². The van der Waals surface area contributed by atoms with Crippen molar-refractivity contribution in [3.8, 4) is 0 Å². The number of likely N-dealkylation sites (tertiary alicyclic amines) is 1. The number of primary sulfonamides is 1. The summed E-state index contributed by atoms with van der Waals surface area (Å²) in [7, 11) is -3.44. The number of carbonyl (C=O) groups excluding carboxylic acids is 1. The Morgan fingerprint density at radius 2 is 1.95 bits per heavy atom. The van der Waals surface area contributed by atoms with Crippen molar-refractivity contribution in [1.82, 2.24) is 4.90 Å². The number of carbonyl (C=O) groups is 1. The SMILES string of the molecule is NS(=O)(=O)CCN1CC(C(=O)OCc2ccccc2)C1. The Balaban J connectivity index is 1.67. The van der Waals surface area contributed by atoms with Gasteiger partial charge in [-0.3, -0.25) is 4.79 Å². The molecule has 0 bridgehead atoms. The van der Waals surface area contributed by atoms with Crippen LogP contribution in [0.4, 0.5) is 0 Å². The fourth-order valence-electron chi connectivity index (χ4n) is 2.00. The first-order valence-electron chi connectivity index (χ1n) is 6.37. The molecule has 1 aromatic rings. The lowest BCUT2D eigenvalue weighted by Crippen LogP contribution is -2.52. The van der Waals surface area contributed by atoms with E-state index < -0.39 is 10.0 Å². The third-order valence-electron chi connectivity index (χ3n) is 3.21. The molecule has 0 atom stereocenters. The van der Waals surface area contributed by atoms with Crippen molar-refractivity contribution in [2.24, 2.45) is 11.1 Å². The third-order valence-corrected chi connectivity index (χ3v) is 3.96. The summed E-state index contributed by atoms with van der Waals surface area (Å²) >= 11 is 0. The molecule has 1 aliphatic heterocycles. The molecule has 1 aliphatic rings. The van der Waals surface area contributed by atoms with Crippen molar-refractivity contribution in [2.45, 2.75) is 6.61 Å². The van der Waals surface area contributed by atoms with E-state index in [1.165, 1.54) is 0 Å². The van der Waals surface area contributed by atoms with Crippen LogP contribution in [0, 0.1) is 5.92 Å². The molecule has 7 heteroatoms. The Labute approximate surface area is 118 Å². The van der Waals surface area contributed by atoms with Crippen LogP contribution < -0.4 is 5.14 Å². The number of rotatable bonds is 6. The van der Waals surface area contributed by atoms with Crippen LogP contribution in [0.25, 0.3) is 0 Å². The van der Waals surface area contributed by atoms with Gasteiger partial charge in [0.25, 0.3) is 0 Å². The van der Waals surface area contributed by atoms with Gasteiger partial charge in [0.2, 0.25) is 10.0 Å². The summed E-state index contributed by atoms with van der Waals surface area (Å²) in [6, 6.07) is 9.47. The van der Waals surface area contributed by atoms with Crippen molar-refractivity contribution in [2.75, 3.05) is 25.4 Å². The van der Waals surface area contributed by atoms with Crippen LogP contribution in [0.15, 0.2) is 30.3 Å². The molecule has 0 saturated carbocycles. The topological polar surface area (TPSA) is 89.7 Å². The molecular formula is C13H18N2O4S. The first-order valence-corrected chi connectivity index (χ1v) is 8.09. The van der Waals surface area contributed by atoms with Crippen molar-refractivity contribution in [3.63, 3.8) is 0 Å². The van der Waals surface area contributed by atoms with Gasteiger partial charge < -0.3 is 9.64 Å². The van der Waals surface area contributed by atoms with Gasteiger partial charge in [0.15, 0.2) is 0 Å². The van der Waals surface area contributed by atoms with Crippen LogP contribution in [-0.2, 0) is 26.2 Å². The molecule has 2 rings (SSSR count). The molecule has 0 amide bonds. The highest BCUT2D eigenvalue weighted by Crippen LogP contribution is 2.17. The van der Waals surface area contributed by atoms with Crippen LogP contribution in [0.3, 0.4) is 0 Å². The van der Waals surface area contributed by atoms with E-state index in [1.807, 2.05) is 35.2 Å². The van der Waals surface area contributed by atoms with Gasteiger partial charge >= 0.3 is 5.97 Å². The zero-order chi connectivity index (χ0) is 14.6. The summed E-state index contributed by atoms with van der Waals surface area (Å²) < 4.78 is 26.8. The average Bonchev–Trinajstić information content (AvgIpc) is 2.34. The Morgan fingerprint density at radius 1 is 1.30 bits per heavy atom. The second-order valence-electron chi connectivity index (χ2n) is 4.92. The average molecular weight is 298 g/mol. The molecule has 0 unspecified atom stereocenters. The van der Waals surface area contributed by atoms with Gasteiger partial charge in [0.1, 0.15) is 6.61 Å². The zero-order valence-corrected chi connectivity index (χ0v) is 11.9. The molecule has 0 radical (unpaired) electrons. The van der Waals surface area contributed by atoms with Crippen LogP contribution >= 0.6 is 0 Å². The summed E-state index contributed by atoms with van der Waals surface area (Å²) in [5.74, 6) is -0.487.